The second kappa shape index (κ2) is 9.17. The molecule has 1 amide bonds. The van der Waals surface area contributed by atoms with E-state index < -0.39 is 0 Å². The highest BCUT2D eigenvalue weighted by molar-refractivity contribution is 5.94. The van der Waals surface area contributed by atoms with Crippen LogP contribution in [-0.4, -0.2) is 55.0 Å². The fraction of sp³-hybridized carbons (Fsp3) is 0.619. The van der Waals surface area contributed by atoms with Crippen LogP contribution in [0.25, 0.3) is 0 Å². The highest BCUT2D eigenvalue weighted by Gasteiger charge is 2.28. The molecular weight excluding hydrogens is 328 g/mol. The molecule has 2 aliphatic rings. The van der Waals surface area contributed by atoms with E-state index >= 15 is 0 Å². The standard InChI is InChI=1S/C21H30N2O3/c1-26-21(25)19-10-14-23(15-11-19)20(24)18-8-6-17(7-9-18)16-22-12-4-2-3-5-13-22/h6-9,19H,2-5,10-16H2,1H3. The molecule has 2 heterocycles. The van der Waals surface area contributed by atoms with E-state index in [2.05, 4.69) is 17.0 Å². The summed E-state index contributed by atoms with van der Waals surface area (Å²) in [5.41, 5.74) is 2.01. The van der Waals surface area contributed by atoms with E-state index in [0.717, 1.165) is 12.1 Å². The van der Waals surface area contributed by atoms with Gasteiger partial charge in [0.1, 0.15) is 0 Å². The molecule has 3 rings (SSSR count). The Bertz CT molecular complexity index is 598. The number of rotatable bonds is 4. The number of methoxy groups -OCH3 is 1. The largest absolute Gasteiger partial charge is 0.469 e. The van der Waals surface area contributed by atoms with Gasteiger partial charge in [0.05, 0.1) is 13.0 Å². The van der Waals surface area contributed by atoms with E-state index in [1.807, 2.05) is 17.0 Å². The van der Waals surface area contributed by atoms with Gasteiger partial charge >= 0.3 is 5.97 Å². The van der Waals surface area contributed by atoms with E-state index in [-0.39, 0.29) is 17.8 Å². The number of esters is 1. The van der Waals surface area contributed by atoms with E-state index in [0.29, 0.717) is 25.9 Å². The van der Waals surface area contributed by atoms with Crippen molar-refractivity contribution in [2.24, 2.45) is 5.92 Å². The van der Waals surface area contributed by atoms with Gasteiger partial charge in [-0.05, 0) is 56.5 Å². The van der Waals surface area contributed by atoms with Crippen LogP contribution >= 0.6 is 0 Å². The number of hydrogen-bond acceptors (Lipinski definition) is 4. The lowest BCUT2D eigenvalue weighted by molar-refractivity contribution is -0.146. The molecule has 0 aromatic heterocycles. The summed E-state index contributed by atoms with van der Waals surface area (Å²) in [7, 11) is 1.42. The minimum atomic E-state index is -0.157. The molecule has 26 heavy (non-hydrogen) atoms. The third kappa shape index (κ3) is 4.85. The number of likely N-dealkylation sites (tertiary alicyclic amines) is 2. The van der Waals surface area contributed by atoms with Crippen molar-refractivity contribution in [2.75, 3.05) is 33.3 Å². The van der Waals surface area contributed by atoms with Gasteiger partial charge in [0.2, 0.25) is 0 Å². The molecule has 0 aliphatic carbocycles. The maximum absolute atomic E-state index is 12.7. The molecule has 0 spiro atoms. The van der Waals surface area contributed by atoms with Crippen LogP contribution in [0.3, 0.4) is 0 Å². The molecule has 2 saturated heterocycles. The maximum atomic E-state index is 12.7. The molecule has 0 unspecified atom stereocenters. The number of benzene rings is 1. The van der Waals surface area contributed by atoms with E-state index in [1.54, 1.807) is 0 Å². The molecule has 0 atom stereocenters. The fourth-order valence-electron chi connectivity index (χ4n) is 3.97. The van der Waals surface area contributed by atoms with Gasteiger partial charge in [0, 0.05) is 25.2 Å². The lowest BCUT2D eigenvalue weighted by Gasteiger charge is -2.30. The Labute approximate surface area is 156 Å². The summed E-state index contributed by atoms with van der Waals surface area (Å²) in [5.74, 6) is -0.162. The molecule has 5 heteroatoms. The van der Waals surface area contributed by atoms with Crippen LogP contribution in [0.4, 0.5) is 0 Å². The van der Waals surface area contributed by atoms with E-state index in [9.17, 15) is 9.59 Å². The highest BCUT2D eigenvalue weighted by Crippen LogP contribution is 2.21. The van der Waals surface area contributed by atoms with Crippen LogP contribution in [0.1, 0.15) is 54.4 Å². The minimum Gasteiger partial charge on any atom is -0.469 e. The van der Waals surface area contributed by atoms with Crippen LogP contribution in [0.15, 0.2) is 24.3 Å². The zero-order valence-corrected chi connectivity index (χ0v) is 15.8. The third-order valence-electron chi connectivity index (χ3n) is 5.62. The van der Waals surface area contributed by atoms with E-state index in [1.165, 1.54) is 51.4 Å². The van der Waals surface area contributed by atoms with Gasteiger partial charge in [-0.2, -0.15) is 0 Å². The number of carbonyl (C=O) groups excluding carboxylic acids is 2. The Balaban J connectivity index is 1.53. The van der Waals surface area contributed by atoms with Gasteiger partial charge in [-0.25, -0.2) is 0 Å². The summed E-state index contributed by atoms with van der Waals surface area (Å²) < 4.78 is 4.81. The van der Waals surface area contributed by atoms with Crippen LogP contribution in [0, 0.1) is 5.92 Å². The van der Waals surface area contributed by atoms with Gasteiger partial charge < -0.3 is 9.64 Å². The van der Waals surface area contributed by atoms with Crippen LogP contribution in [0.2, 0.25) is 0 Å². The highest BCUT2D eigenvalue weighted by atomic mass is 16.5. The van der Waals surface area contributed by atoms with Crippen LogP contribution in [0.5, 0.6) is 0 Å². The maximum Gasteiger partial charge on any atom is 0.308 e. The SMILES string of the molecule is COC(=O)C1CCN(C(=O)c2ccc(CN3CCCCCC3)cc2)CC1. The van der Waals surface area contributed by atoms with Crippen molar-refractivity contribution in [1.82, 2.24) is 9.80 Å². The molecule has 0 N–H and O–H groups in total. The first kappa shape index (κ1) is 18.9. The average molecular weight is 358 g/mol. The van der Waals surface area contributed by atoms with E-state index in [4.69, 9.17) is 4.74 Å². The predicted molar refractivity (Wildman–Crippen MR) is 101 cm³/mol. The van der Waals surface area contributed by atoms with Gasteiger partial charge in [-0.15, -0.1) is 0 Å². The molecule has 2 fully saturated rings. The molecule has 2 aliphatic heterocycles. The quantitative estimate of drug-likeness (QED) is 0.776. The van der Waals surface area contributed by atoms with Crippen molar-refractivity contribution < 1.29 is 14.3 Å². The first-order valence-electron chi connectivity index (χ1n) is 9.86. The average Bonchev–Trinajstić information content (AvgIpc) is 2.96. The zero-order valence-electron chi connectivity index (χ0n) is 15.8. The van der Waals surface area contributed by atoms with Gasteiger partial charge in [-0.3, -0.25) is 14.5 Å². The Kier molecular flexibility index (Phi) is 6.67. The Morgan fingerprint density at radius 1 is 0.962 bits per heavy atom. The molecule has 1 aromatic carbocycles. The third-order valence-corrected chi connectivity index (χ3v) is 5.62. The molecule has 1 aromatic rings. The zero-order chi connectivity index (χ0) is 18.4. The molecule has 5 nitrogen and oxygen atoms in total. The second-order valence-corrected chi connectivity index (χ2v) is 7.48. The topological polar surface area (TPSA) is 49.9 Å². The fourth-order valence-corrected chi connectivity index (χ4v) is 3.97. The van der Waals surface area contributed by atoms with Crippen LogP contribution < -0.4 is 0 Å². The summed E-state index contributed by atoms with van der Waals surface area (Å²) >= 11 is 0. The van der Waals surface area contributed by atoms with Gasteiger partial charge in [0.15, 0.2) is 0 Å². The normalized spacial score (nSPS) is 19.8. The van der Waals surface area contributed by atoms with Crippen molar-refractivity contribution in [1.29, 1.82) is 0 Å². The predicted octanol–water partition coefficient (Wildman–Crippen LogP) is 3.09. The molecular formula is C21H30N2O3. The van der Waals surface area contributed by atoms with Crippen LogP contribution in [-0.2, 0) is 16.1 Å². The first-order chi connectivity index (χ1) is 12.7. The summed E-state index contributed by atoms with van der Waals surface area (Å²) in [6.07, 6.45) is 6.64. The number of nitrogens with zero attached hydrogens (tertiary/aromatic N) is 2. The number of ether oxygens (including phenoxy) is 1. The lowest BCUT2D eigenvalue weighted by atomic mass is 9.96. The Morgan fingerprint density at radius 3 is 2.15 bits per heavy atom. The van der Waals surface area contributed by atoms with Crippen molar-refractivity contribution >= 4 is 11.9 Å². The van der Waals surface area contributed by atoms with Crippen molar-refractivity contribution in [3.8, 4) is 0 Å². The minimum absolute atomic E-state index is 0.0645. The second-order valence-electron chi connectivity index (χ2n) is 7.48. The molecule has 0 saturated carbocycles. The summed E-state index contributed by atoms with van der Waals surface area (Å²) in [4.78, 5) is 28.7. The Morgan fingerprint density at radius 2 is 1.58 bits per heavy atom. The smallest absolute Gasteiger partial charge is 0.308 e. The number of piperidine rings is 1. The molecule has 0 radical (unpaired) electrons. The van der Waals surface area contributed by atoms with Crippen molar-refractivity contribution in [2.45, 2.75) is 45.1 Å². The summed E-state index contributed by atoms with van der Waals surface area (Å²) in [5, 5.41) is 0. The first-order valence-corrected chi connectivity index (χ1v) is 9.86. The van der Waals surface area contributed by atoms with Crippen molar-refractivity contribution in [3.05, 3.63) is 35.4 Å². The van der Waals surface area contributed by atoms with Gasteiger partial charge in [-0.1, -0.05) is 25.0 Å². The monoisotopic (exact) mass is 358 g/mol. The summed E-state index contributed by atoms with van der Waals surface area (Å²) in [6, 6.07) is 8.06. The number of carbonyl (C=O) groups is 2. The Hall–Kier alpha value is -1.88. The number of amides is 1. The van der Waals surface area contributed by atoms with Crippen molar-refractivity contribution in [3.63, 3.8) is 0 Å². The number of hydrogen-bond donors (Lipinski definition) is 0. The lowest BCUT2D eigenvalue weighted by Crippen LogP contribution is -2.40. The molecule has 0 bridgehead atoms. The van der Waals surface area contributed by atoms with Gasteiger partial charge in [0.25, 0.3) is 5.91 Å². The summed E-state index contributed by atoms with van der Waals surface area (Å²) in [6.45, 7) is 4.56. The molecule has 142 valence electrons.